The second kappa shape index (κ2) is 8.12. The summed E-state index contributed by atoms with van der Waals surface area (Å²) in [4.78, 5) is 0. The van der Waals surface area contributed by atoms with E-state index in [1.54, 1.807) is 0 Å². The minimum atomic E-state index is 0.692. The van der Waals surface area contributed by atoms with Crippen LogP contribution in [0.25, 0.3) is 0 Å². The zero-order valence-corrected chi connectivity index (χ0v) is 10.4. The number of hydrogen-bond acceptors (Lipinski definition) is 2. The summed E-state index contributed by atoms with van der Waals surface area (Å²) in [6.07, 6.45) is 8.14. The highest BCUT2D eigenvalue weighted by Gasteiger charge is 2.22. The van der Waals surface area contributed by atoms with Gasteiger partial charge in [0, 0.05) is 19.3 Å². The molecule has 90 valence electrons. The number of hydrogen-bond donors (Lipinski definition) is 1. The van der Waals surface area contributed by atoms with Crippen LogP contribution in [0.2, 0.25) is 0 Å². The Hall–Kier alpha value is -0.0800. The van der Waals surface area contributed by atoms with Crippen molar-refractivity contribution in [3.05, 3.63) is 0 Å². The molecule has 1 rings (SSSR count). The molecule has 0 aromatic rings. The molecule has 0 amide bonds. The zero-order valence-electron chi connectivity index (χ0n) is 10.4. The Kier molecular flexibility index (Phi) is 7.03. The molecule has 1 aliphatic carbocycles. The van der Waals surface area contributed by atoms with E-state index in [1.165, 1.54) is 38.5 Å². The van der Waals surface area contributed by atoms with E-state index in [0.717, 1.165) is 25.7 Å². The van der Waals surface area contributed by atoms with E-state index in [9.17, 15) is 0 Å². The summed E-state index contributed by atoms with van der Waals surface area (Å²) in [5.74, 6) is 1.06. The summed E-state index contributed by atoms with van der Waals surface area (Å²) in [6.45, 7) is 7.22. The molecule has 0 saturated heterocycles. The smallest absolute Gasteiger partial charge is 0.0480 e. The molecular formula is C13H27NO. The van der Waals surface area contributed by atoms with Crippen molar-refractivity contribution in [2.24, 2.45) is 5.92 Å². The van der Waals surface area contributed by atoms with Crippen LogP contribution in [0.5, 0.6) is 0 Å². The Morgan fingerprint density at radius 1 is 1.27 bits per heavy atom. The normalized spacial score (nSPS) is 18.0. The van der Waals surface area contributed by atoms with Crippen molar-refractivity contribution in [3.8, 4) is 0 Å². The van der Waals surface area contributed by atoms with Crippen LogP contribution in [0.4, 0.5) is 0 Å². The van der Waals surface area contributed by atoms with E-state index in [0.29, 0.717) is 6.04 Å². The van der Waals surface area contributed by atoms with Crippen molar-refractivity contribution < 1.29 is 4.74 Å². The molecule has 0 aromatic carbocycles. The lowest BCUT2D eigenvalue weighted by atomic mass is 10.1. The largest absolute Gasteiger partial charge is 0.382 e. The van der Waals surface area contributed by atoms with Gasteiger partial charge in [-0.2, -0.15) is 0 Å². The monoisotopic (exact) mass is 213 g/mol. The third-order valence-electron chi connectivity index (χ3n) is 3.12. The van der Waals surface area contributed by atoms with Gasteiger partial charge in [0.25, 0.3) is 0 Å². The number of nitrogens with one attached hydrogen (secondary N) is 1. The number of rotatable bonds is 10. The molecule has 2 nitrogen and oxygen atoms in total. The standard InChI is InChI=1S/C13H27NO/c1-3-10-14-13(9-11-15-4-2)8-7-12-5-6-12/h12-14H,3-11H2,1-2H3. The minimum Gasteiger partial charge on any atom is -0.382 e. The predicted molar refractivity (Wildman–Crippen MR) is 65.1 cm³/mol. The molecule has 0 aliphatic heterocycles. The molecule has 1 fully saturated rings. The Bertz CT molecular complexity index is 145. The Morgan fingerprint density at radius 3 is 2.67 bits per heavy atom. The second-order valence-electron chi connectivity index (χ2n) is 4.66. The van der Waals surface area contributed by atoms with Gasteiger partial charge < -0.3 is 10.1 Å². The SMILES string of the molecule is CCCNC(CCOCC)CCC1CC1. The highest BCUT2D eigenvalue weighted by Crippen LogP contribution is 2.34. The van der Waals surface area contributed by atoms with Crippen LogP contribution < -0.4 is 5.32 Å². The van der Waals surface area contributed by atoms with Crippen LogP contribution in [-0.4, -0.2) is 25.8 Å². The van der Waals surface area contributed by atoms with Crippen molar-refractivity contribution in [1.82, 2.24) is 5.32 Å². The lowest BCUT2D eigenvalue weighted by molar-refractivity contribution is 0.135. The van der Waals surface area contributed by atoms with Gasteiger partial charge in [-0.15, -0.1) is 0 Å². The molecule has 1 aliphatic rings. The summed E-state index contributed by atoms with van der Waals surface area (Å²) in [7, 11) is 0. The van der Waals surface area contributed by atoms with Crippen LogP contribution in [-0.2, 0) is 4.74 Å². The molecular weight excluding hydrogens is 186 g/mol. The van der Waals surface area contributed by atoms with Crippen LogP contribution in [0, 0.1) is 5.92 Å². The van der Waals surface area contributed by atoms with Crippen molar-refractivity contribution in [2.75, 3.05) is 19.8 Å². The van der Waals surface area contributed by atoms with Gasteiger partial charge in [0.05, 0.1) is 0 Å². The molecule has 0 bridgehead atoms. The Labute approximate surface area is 94.8 Å². The summed E-state index contributed by atoms with van der Waals surface area (Å²) in [6, 6.07) is 0.692. The van der Waals surface area contributed by atoms with Crippen LogP contribution in [0.3, 0.4) is 0 Å². The van der Waals surface area contributed by atoms with Crippen molar-refractivity contribution in [3.63, 3.8) is 0 Å². The maximum absolute atomic E-state index is 5.43. The average molecular weight is 213 g/mol. The van der Waals surface area contributed by atoms with E-state index in [2.05, 4.69) is 19.2 Å². The first-order valence-electron chi connectivity index (χ1n) is 6.68. The van der Waals surface area contributed by atoms with E-state index in [-0.39, 0.29) is 0 Å². The fourth-order valence-electron chi connectivity index (χ4n) is 1.91. The molecule has 1 unspecified atom stereocenters. The second-order valence-corrected chi connectivity index (χ2v) is 4.66. The van der Waals surface area contributed by atoms with Gasteiger partial charge in [-0.1, -0.05) is 19.8 Å². The summed E-state index contributed by atoms with van der Waals surface area (Å²) in [5, 5.41) is 3.63. The summed E-state index contributed by atoms with van der Waals surface area (Å²) >= 11 is 0. The first kappa shape index (κ1) is 13.0. The maximum atomic E-state index is 5.43. The van der Waals surface area contributed by atoms with Crippen molar-refractivity contribution >= 4 is 0 Å². The molecule has 0 heterocycles. The molecule has 0 spiro atoms. The van der Waals surface area contributed by atoms with Crippen LogP contribution >= 0.6 is 0 Å². The highest BCUT2D eigenvalue weighted by atomic mass is 16.5. The molecule has 2 heteroatoms. The topological polar surface area (TPSA) is 21.3 Å². The molecule has 15 heavy (non-hydrogen) atoms. The predicted octanol–water partition coefficient (Wildman–Crippen LogP) is 2.97. The first-order chi connectivity index (χ1) is 7.36. The fourth-order valence-corrected chi connectivity index (χ4v) is 1.91. The summed E-state index contributed by atoms with van der Waals surface area (Å²) in [5.41, 5.74) is 0. The van der Waals surface area contributed by atoms with Gasteiger partial charge in [-0.25, -0.2) is 0 Å². The Balaban J connectivity index is 2.05. The zero-order chi connectivity index (χ0) is 10.9. The van der Waals surface area contributed by atoms with E-state index >= 15 is 0 Å². The minimum absolute atomic E-state index is 0.692. The van der Waals surface area contributed by atoms with Crippen LogP contribution in [0.15, 0.2) is 0 Å². The maximum Gasteiger partial charge on any atom is 0.0480 e. The van der Waals surface area contributed by atoms with E-state index in [4.69, 9.17) is 4.74 Å². The average Bonchev–Trinajstić information content (AvgIpc) is 3.05. The molecule has 1 N–H and O–H groups in total. The van der Waals surface area contributed by atoms with Gasteiger partial charge in [0.15, 0.2) is 0 Å². The third kappa shape index (κ3) is 6.91. The molecule has 1 saturated carbocycles. The lowest BCUT2D eigenvalue weighted by Crippen LogP contribution is -2.31. The van der Waals surface area contributed by atoms with Gasteiger partial charge >= 0.3 is 0 Å². The first-order valence-corrected chi connectivity index (χ1v) is 6.68. The van der Waals surface area contributed by atoms with Gasteiger partial charge in [-0.05, 0) is 45.1 Å². The summed E-state index contributed by atoms with van der Waals surface area (Å²) < 4.78 is 5.43. The lowest BCUT2D eigenvalue weighted by Gasteiger charge is -2.18. The molecule has 0 radical (unpaired) electrons. The fraction of sp³-hybridized carbons (Fsp3) is 1.00. The number of ether oxygens (including phenoxy) is 1. The third-order valence-corrected chi connectivity index (χ3v) is 3.12. The van der Waals surface area contributed by atoms with E-state index < -0.39 is 0 Å². The Morgan fingerprint density at radius 2 is 2.07 bits per heavy atom. The highest BCUT2D eigenvalue weighted by molar-refractivity contribution is 4.76. The molecule has 0 aromatic heterocycles. The van der Waals surface area contributed by atoms with E-state index in [1.807, 2.05) is 0 Å². The quantitative estimate of drug-likeness (QED) is 0.563. The molecule has 1 atom stereocenters. The van der Waals surface area contributed by atoms with Gasteiger partial charge in [-0.3, -0.25) is 0 Å². The van der Waals surface area contributed by atoms with Crippen molar-refractivity contribution in [1.29, 1.82) is 0 Å². The van der Waals surface area contributed by atoms with Gasteiger partial charge in [0.1, 0.15) is 0 Å². The van der Waals surface area contributed by atoms with Gasteiger partial charge in [0.2, 0.25) is 0 Å². The van der Waals surface area contributed by atoms with Crippen molar-refractivity contribution in [2.45, 2.75) is 58.4 Å². The van der Waals surface area contributed by atoms with Crippen LogP contribution in [0.1, 0.15) is 52.4 Å².